The second-order valence-corrected chi connectivity index (χ2v) is 9.14. The molecule has 0 saturated carbocycles. The first-order valence-electron chi connectivity index (χ1n) is 9.00. The van der Waals surface area contributed by atoms with Gasteiger partial charge in [-0.05, 0) is 50.5 Å². The molecule has 0 atom stereocenters. The number of rotatable bonds is 6. The maximum atomic E-state index is 12.4. The predicted molar refractivity (Wildman–Crippen MR) is 107 cm³/mol. The number of thiophene rings is 1. The fourth-order valence-electron chi connectivity index (χ4n) is 3.19. The van der Waals surface area contributed by atoms with Gasteiger partial charge >= 0.3 is 0 Å². The van der Waals surface area contributed by atoms with Crippen LogP contribution in [0.3, 0.4) is 0 Å². The van der Waals surface area contributed by atoms with E-state index >= 15 is 0 Å². The number of thioether (sulfide) groups is 1. The molecule has 138 valence electrons. The third-order valence-corrected chi connectivity index (χ3v) is 6.52. The number of nitrogens with zero attached hydrogens (tertiary/aromatic N) is 2. The molecule has 3 rings (SSSR count). The van der Waals surface area contributed by atoms with Crippen LogP contribution in [0.5, 0.6) is 0 Å². The Kier molecular flexibility index (Phi) is 6.05. The third kappa shape index (κ3) is 4.30. The molecule has 0 unspecified atom stereocenters. The van der Waals surface area contributed by atoms with Crippen molar-refractivity contribution in [3.05, 3.63) is 27.4 Å². The minimum Gasteiger partial charge on any atom is -0.337 e. The Morgan fingerprint density at radius 2 is 2.19 bits per heavy atom. The van der Waals surface area contributed by atoms with Crippen molar-refractivity contribution in [3.63, 3.8) is 0 Å². The van der Waals surface area contributed by atoms with Gasteiger partial charge in [-0.3, -0.25) is 4.79 Å². The van der Waals surface area contributed by atoms with Crippen LogP contribution in [0.4, 0.5) is 5.00 Å². The number of hydrogen-bond donors (Lipinski definition) is 2. The van der Waals surface area contributed by atoms with Crippen LogP contribution in [0.25, 0.3) is 0 Å². The number of nitrogens with one attached hydrogen (secondary N) is 2. The van der Waals surface area contributed by atoms with Crippen molar-refractivity contribution in [2.24, 2.45) is 5.92 Å². The lowest BCUT2D eigenvalue weighted by atomic mass is 9.96. The van der Waals surface area contributed by atoms with Gasteiger partial charge in [0.05, 0.1) is 17.0 Å². The lowest BCUT2D eigenvalue weighted by Gasteiger charge is -2.09. The maximum absolute atomic E-state index is 12.4. The first kappa shape index (κ1) is 19.0. The minimum absolute atomic E-state index is 0.0930. The van der Waals surface area contributed by atoms with Crippen molar-refractivity contribution in [1.82, 2.24) is 9.97 Å². The van der Waals surface area contributed by atoms with Crippen molar-refractivity contribution in [3.8, 4) is 6.07 Å². The van der Waals surface area contributed by atoms with Gasteiger partial charge in [-0.15, -0.1) is 11.3 Å². The maximum Gasteiger partial charge on any atom is 0.235 e. The number of amides is 1. The average molecular weight is 389 g/mol. The molecule has 26 heavy (non-hydrogen) atoms. The van der Waals surface area contributed by atoms with Gasteiger partial charge in [-0.25, -0.2) is 4.98 Å². The fourth-order valence-corrected chi connectivity index (χ4v) is 5.19. The van der Waals surface area contributed by atoms with E-state index in [1.54, 1.807) is 11.3 Å². The predicted octanol–water partition coefficient (Wildman–Crippen LogP) is 4.46. The van der Waals surface area contributed by atoms with Crippen LogP contribution in [0, 0.1) is 24.2 Å². The van der Waals surface area contributed by atoms with Crippen LogP contribution >= 0.6 is 23.1 Å². The number of H-pyrrole nitrogens is 1. The molecule has 0 saturated heterocycles. The van der Waals surface area contributed by atoms with E-state index in [2.05, 4.69) is 35.2 Å². The quantitative estimate of drug-likeness (QED) is 0.716. The molecule has 1 amide bonds. The summed E-state index contributed by atoms with van der Waals surface area (Å²) in [6.07, 6.45) is 5.19. The van der Waals surface area contributed by atoms with Gasteiger partial charge in [0.15, 0.2) is 5.16 Å². The first-order valence-corrected chi connectivity index (χ1v) is 10.8. The highest BCUT2D eigenvalue weighted by atomic mass is 32.2. The van der Waals surface area contributed by atoms with Gasteiger partial charge in [-0.1, -0.05) is 25.6 Å². The summed E-state index contributed by atoms with van der Waals surface area (Å²) < 4.78 is 0. The molecule has 0 bridgehead atoms. The molecule has 0 spiro atoms. The zero-order valence-corrected chi connectivity index (χ0v) is 17.1. The molecule has 0 fully saturated rings. The summed E-state index contributed by atoms with van der Waals surface area (Å²) in [6.45, 7) is 6.35. The van der Waals surface area contributed by atoms with Gasteiger partial charge < -0.3 is 10.3 Å². The monoisotopic (exact) mass is 388 g/mol. The summed E-state index contributed by atoms with van der Waals surface area (Å²) >= 11 is 2.96. The van der Waals surface area contributed by atoms with Gasteiger partial charge in [0.1, 0.15) is 11.1 Å². The second-order valence-electron chi connectivity index (χ2n) is 7.08. The van der Waals surface area contributed by atoms with Crippen molar-refractivity contribution in [2.75, 3.05) is 11.1 Å². The summed E-state index contributed by atoms with van der Waals surface area (Å²) in [7, 11) is 0. The average Bonchev–Trinajstić information content (AvgIpc) is 3.12. The molecule has 2 aromatic heterocycles. The number of aromatic amines is 1. The van der Waals surface area contributed by atoms with E-state index in [1.807, 2.05) is 6.92 Å². The zero-order valence-electron chi connectivity index (χ0n) is 15.4. The van der Waals surface area contributed by atoms with Gasteiger partial charge in [-0.2, -0.15) is 5.26 Å². The molecule has 2 aromatic rings. The molecule has 0 aliphatic heterocycles. The smallest absolute Gasteiger partial charge is 0.235 e. The van der Waals surface area contributed by atoms with Crippen LogP contribution in [0.15, 0.2) is 5.16 Å². The van der Waals surface area contributed by atoms with E-state index in [0.29, 0.717) is 16.5 Å². The van der Waals surface area contributed by atoms with E-state index in [-0.39, 0.29) is 11.7 Å². The lowest BCUT2D eigenvalue weighted by molar-refractivity contribution is -0.113. The van der Waals surface area contributed by atoms with Crippen LogP contribution in [-0.2, 0) is 24.1 Å². The molecular weight excluding hydrogens is 364 g/mol. The molecule has 0 radical (unpaired) electrons. The van der Waals surface area contributed by atoms with Crippen LogP contribution < -0.4 is 5.32 Å². The number of hydrogen-bond acceptors (Lipinski definition) is 5. The van der Waals surface area contributed by atoms with Crippen molar-refractivity contribution in [1.29, 1.82) is 5.26 Å². The van der Waals surface area contributed by atoms with E-state index in [4.69, 9.17) is 0 Å². The Labute approximate surface area is 162 Å². The number of carbonyl (C=O) groups excluding carboxylic acids is 1. The zero-order chi connectivity index (χ0) is 18.7. The number of fused-ring (bicyclic) bond motifs is 1. The molecular formula is C19H24N4OS2. The Balaban J connectivity index is 1.62. The van der Waals surface area contributed by atoms with Crippen molar-refractivity contribution >= 4 is 34.0 Å². The summed E-state index contributed by atoms with van der Waals surface area (Å²) in [6, 6.07) is 2.28. The molecule has 2 N–H and O–H groups in total. The van der Waals surface area contributed by atoms with Gasteiger partial charge in [0.2, 0.25) is 5.91 Å². The number of anilines is 1. The highest BCUT2D eigenvalue weighted by molar-refractivity contribution is 7.99. The molecule has 1 aliphatic rings. The van der Waals surface area contributed by atoms with E-state index in [1.165, 1.54) is 16.6 Å². The lowest BCUT2D eigenvalue weighted by Crippen LogP contribution is -2.14. The minimum atomic E-state index is -0.0930. The summed E-state index contributed by atoms with van der Waals surface area (Å²) in [5.41, 5.74) is 3.95. The van der Waals surface area contributed by atoms with Crippen LogP contribution in [-0.4, -0.2) is 21.6 Å². The number of carbonyl (C=O) groups is 1. The molecule has 1 aliphatic carbocycles. The number of imidazole rings is 1. The highest BCUT2D eigenvalue weighted by Gasteiger charge is 2.22. The Morgan fingerprint density at radius 1 is 1.42 bits per heavy atom. The topological polar surface area (TPSA) is 81.6 Å². The Morgan fingerprint density at radius 3 is 2.92 bits per heavy atom. The van der Waals surface area contributed by atoms with E-state index < -0.39 is 0 Å². The number of aryl methyl sites for hydroxylation is 2. The summed E-state index contributed by atoms with van der Waals surface area (Å²) in [5, 5.41) is 13.9. The Hall–Kier alpha value is -1.78. The van der Waals surface area contributed by atoms with Crippen molar-refractivity contribution < 1.29 is 4.79 Å². The first-order chi connectivity index (χ1) is 12.5. The molecule has 2 heterocycles. The number of aromatic nitrogens is 2. The second kappa shape index (κ2) is 8.28. The molecule has 0 aromatic carbocycles. The molecule has 7 heteroatoms. The highest BCUT2D eigenvalue weighted by Crippen LogP contribution is 2.37. The number of nitriles is 1. The van der Waals surface area contributed by atoms with E-state index in [0.717, 1.165) is 54.2 Å². The van der Waals surface area contributed by atoms with Crippen LogP contribution in [0.2, 0.25) is 0 Å². The van der Waals surface area contributed by atoms with Crippen molar-refractivity contribution in [2.45, 2.75) is 58.0 Å². The molecule has 5 nitrogen and oxygen atoms in total. The van der Waals surface area contributed by atoms with Gasteiger partial charge in [0.25, 0.3) is 0 Å². The SMILES string of the molecule is Cc1[nH]c(SCC(=O)Nc2sc3c(c2C#N)CCCC3)nc1CC(C)C. The summed E-state index contributed by atoms with van der Waals surface area (Å²) in [4.78, 5) is 21.5. The summed E-state index contributed by atoms with van der Waals surface area (Å²) in [5.74, 6) is 0.735. The normalized spacial score (nSPS) is 13.5. The fraction of sp³-hybridized carbons (Fsp3) is 0.526. The van der Waals surface area contributed by atoms with E-state index in [9.17, 15) is 10.1 Å². The standard InChI is InChI=1S/C19H24N4OS2/c1-11(2)8-15-12(3)21-19(22-15)25-10-17(24)23-18-14(9-20)13-6-4-5-7-16(13)26-18/h11H,4-8,10H2,1-3H3,(H,21,22)(H,23,24). The van der Waals surface area contributed by atoms with Gasteiger partial charge in [0, 0.05) is 10.6 Å². The third-order valence-electron chi connectivity index (χ3n) is 4.44. The largest absolute Gasteiger partial charge is 0.337 e. The Bertz CT molecular complexity index is 845. The van der Waals surface area contributed by atoms with Crippen LogP contribution in [0.1, 0.15) is 54.1 Å².